The van der Waals surface area contributed by atoms with Crippen molar-refractivity contribution in [3.05, 3.63) is 65.7 Å². The smallest absolute Gasteiger partial charge is 0.263 e. The first-order chi connectivity index (χ1) is 11.5. The Hall–Kier alpha value is -2.67. The fourth-order valence-corrected chi connectivity index (χ4v) is 3.65. The van der Waals surface area contributed by atoms with E-state index in [-0.39, 0.29) is 16.6 Å². The van der Waals surface area contributed by atoms with Gasteiger partial charge in [-0.05, 0) is 24.6 Å². The summed E-state index contributed by atoms with van der Waals surface area (Å²) in [7, 11) is -3.59. The maximum absolute atomic E-state index is 12.2. The van der Waals surface area contributed by atoms with Crippen LogP contribution in [-0.4, -0.2) is 26.2 Å². The van der Waals surface area contributed by atoms with Crippen molar-refractivity contribution >= 4 is 21.8 Å². The highest BCUT2D eigenvalue weighted by molar-refractivity contribution is 7.90. The third-order valence-electron chi connectivity index (χ3n) is 3.67. The minimum absolute atomic E-state index is 0.181. The van der Waals surface area contributed by atoms with E-state index in [1.165, 1.54) is 6.07 Å². The summed E-state index contributed by atoms with van der Waals surface area (Å²) >= 11 is 0. The lowest BCUT2D eigenvalue weighted by molar-refractivity contribution is -0.122. The Morgan fingerprint density at radius 3 is 2.54 bits per heavy atom. The van der Waals surface area contributed by atoms with Crippen molar-refractivity contribution in [3.63, 3.8) is 0 Å². The van der Waals surface area contributed by atoms with Gasteiger partial charge in [0.15, 0.2) is 0 Å². The van der Waals surface area contributed by atoms with Crippen molar-refractivity contribution in [2.75, 3.05) is 0 Å². The number of nitrogens with one attached hydrogen (secondary N) is 2. The van der Waals surface area contributed by atoms with Gasteiger partial charge < -0.3 is 5.32 Å². The zero-order valence-electron chi connectivity index (χ0n) is 13.1. The van der Waals surface area contributed by atoms with Crippen LogP contribution in [-0.2, 0) is 21.4 Å². The van der Waals surface area contributed by atoms with E-state index in [1.807, 2.05) is 30.3 Å². The van der Waals surface area contributed by atoms with Gasteiger partial charge in [-0.2, -0.15) is 0 Å². The monoisotopic (exact) mass is 343 g/mol. The van der Waals surface area contributed by atoms with E-state index in [0.29, 0.717) is 12.1 Å². The highest BCUT2D eigenvalue weighted by Crippen LogP contribution is 2.22. The van der Waals surface area contributed by atoms with Gasteiger partial charge in [-0.3, -0.25) is 14.5 Å². The number of amides is 1. The van der Waals surface area contributed by atoms with E-state index in [9.17, 15) is 13.2 Å². The molecule has 2 aromatic carbocycles. The molecule has 0 aliphatic carbocycles. The first-order valence-corrected chi connectivity index (χ1v) is 8.97. The van der Waals surface area contributed by atoms with Gasteiger partial charge in [0.2, 0.25) is 5.91 Å². The number of amidine groups is 1. The van der Waals surface area contributed by atoms with Crippen LogP contribution in [0.15, 0.2) is 64.5 Å². The van der Waals surface area contributed by atoms with Crippen LogP contribution in [0.2, 0.25) is 0 Å². The molecule has 2 aromatic rings. The van der Waals surface area contributed by atoms with Crippen LogP contribution in [0, 0.1) is 0 Å². The zero-order valence-corrected chi connectivity index (χ0v) is 13.9. The molecular formula is C17H17N3O3S. The molecule has 0 radical (unpaired) electrons. The summed E-state index contributed by atoms with van der Waals surface area (Å²) in [5.41, 5.74) is 1.47. The second kappa shape index (κ2) is 6.45. The molecule has 2 N–H and O–H groups in total. The maximum atomic E-state index is 12.2. The summed E-state index contributed by atoms with van der Waals surface area (Å²) < 4.78 is 26.5. The Kier molecular flexibility index (Phi) is 4.35. The van der Waals surface area contributed by atoms with Gasteiger partial charge in [-0.25, -0.2) is 8.42 Å². The second-order valence-electron chi connectivity index (χ2n) is 5.46. The number of fused-ring (bicyclic) bond motifs is 1. The molecule has 0 saturated carbocycles. The highest BCUT2D eigenvalue weighted by Gasteiger charge is 2.31. The number of carbonyl (C=O) groups excluding carboxylic acids is 1. The van der Waals surface area contributed by atoms with Gasteiger partial charge in [0.05, 0.1) is 4.90 Å². The minimum Gasteiger partial charge on any atom is -0.350 e. The molecule has 3 rings (SSSR count). The molecule has 24 heavy (non-hydrogen) atoms. The van der Waals surface area contributed by atoms with Crippen LogP contribution >= 0.6 is 0 Å². The Labute approximate surface area is 140 Å². The second-order valence-corrected chi connectivity index (χ2v) is 7.11. The molecule has 0 aromatic heterocycles. The summed E-state index contributed by atoms with van der Waals surface area (Å²) in [5, 5.41) is 2.79. The van der Waals surface area contributed by atoms with Crippen molar-refractivity contribution in [1.82, 2.24) is 10.0 Å². The lowest BCUT2D eigenvalue weighted by Crippen LogP contribution is -2.33. The van der Waals surface area contributed by atoms with E-state index >= 15 is 0 Å². The van der Waals surface area contributed by atoms with Gasteiger partial charge in [-0.1, -0.05) is 42.5 Å². The van der Waals surface area contributed by atoms with Gasteiger partial charge in [0.25, 0.3) is 10.0 Å². The maximum Gasteiger partial charge on any atom is 0.263 e. The van der Waals surface area contributed by atoms with E-state index in [2.05, 4.69) is 15.0 Å². The number of hydrogen-bond donors (Lipinski definition) is 2. The summed E-state index contributed by atoms with van der Waals surface area (Å²) in [6.45, 7) is 2.03. The molecular weight excluding hydrogens is 326 g/mol. The Balaban J connectivity index is 1.73. The number of nitrogens with zero attached hydrogens (tertiary/aromatic N) is 1. The van der Waals surface area contributed by atoms with Crippen molar-refractivity contribution in [1.29, 1.82) is 0 Å². The van der Waals surface area contributed by atoms with Crippen LogP contribution in [0.3, 0.4) is 0 Å². The van der Waals surface area contributed by atoms with E-state index < -0.39 is 16.1 Å². The predicted octanol–water partition coefficient (Wildman–Crippen LogP) is 1.43. The van der Waals surface area contributed by atoms with Crippen LogP contribution < -0.4 is 10.0 Å². The summed E-state index contributed by atoms with van der Waals surface area (Å²) in [4.78, 5) is 16.6. The molecule has 0 spiro atoms. The van der Waals surface area contributed by atoms with E-state index in [4.69, 9.17) is 0 Å². The Morgan fingerprint density at radius 2 is 1.79 bits per heavy atom. The van der Waals surface area contributed by atoms with Crippen molar-refractivity contribution in [2.24, 2.45) is 4.99 Å². The highest BCUT2D eigenvalue weighted by atomic mass is 32.2. The van der Waals surface area contributed by atoms with E-state index in [1.54, 1.807) is 25.1 Å². The van der Waals surface area contributed by atoms with Crippen LogP contribution in [0.25, 0.3) is 0 Å². The quantitative estimate of drug-likeness (QED) is 0.880. The number of rotatable bonds is 4. The lowest BCUT2D eigenvalue weighted by Gasteiger charge is -2.09. The standard InChI is InChI=1S/C17H17N3O3S/c1-12(17(21)18-11-13-7-3-2-4-8-13)19-16-14-9-5-6-10-15(14)24(22,23)20-16/h2-10,12H,11H2,1H3,(H,18,21)(H,19,20)/t12-/m0/s1. The normalized spacial score (nSPS) is 17.8. The van der Waals surface area contributed by atoms with E-state index in [0.717, 1.165) is 5.56 Å². The number of aliphatic imine (C=N–C) groups is 1. The topological polar surface area (TPSA) is 87.6 Å². The fraction of sp³-hybridized carbons (Fsp3) is 0.176. The number of sulfonamides is 1. The number of carbonyl (C=O) groups is 1. The molecule has 6 nitrogen and oxygen atoms in total. The number of benzene rings is 2. The summed E-state index contributed by atoms with van der Waals surface area (Å²) in [6, 6.07) is 15.4. The first-order valence-electron chi connectivity index (χ1n) is 7.49. The van der Waals surface area contributed by atoms with Crippen LogP contribution in [0.5, 0.6) is 0 Å². The molecule has 0 saturated heterocycles. The third-order valence-corrected chi connectivity index (χ3v) is 5.07. The molecule has 1 atom stereocenters. The minimum atomic E-state index is -3.59. The molecule has 1 aliphatic heterocycles. The molecule has 1 aliphatic rings. The van der Waals surface area contributed by atoms with Crippen molar-refractivity contribution in [3.8, 4) is 0 Å². The predicted molar refractivity (Wildman–Crippen MR) is 91.1 cm³/mol. The molecule has 1 amide bonds. The molecule has 7 heteroatoms. The summed E-state index contributed by atoms with van der Waals surface area (Å²) in [5.74, 6) is -0.0668. The van der Waals surface area contributed by atoms with Crippen LogP contribution in [0.1, 0.15) is 18.1 Å². The zero-order chi connectivity index (χ0) is 17.2. The molecule has 0 unspecified atom stereocenters. The van der Waals surface area contributed by atoms with Gasteiger partial charge in [-0.15, -0.1) is 0 Å². The van der Waals surface area contributed by atoms with Gasteiger partial charge in [0.1, 0.15) is 11.9 Å². The molecule has 0 bridgehead atoms. The van der Waals surface area contributed by atoms with Crippen molar-refractivity contribution < 1.29 is 13.2 Å². The Morgan fingerprint density at radius 1 is 1.12 bits per heavy atom. The number of hydrogen-bond acceptors (Lipinski definition) is 4. The molecule has 0 fully saturated rings. The first kappa shape index (κ1) is 16.2. The van der Waals surface area contributed by atoms with Gasteiger partial charge >= 0.3 is 0 Å². The summed E-state index contributed by atoms with van der Waals surface area (Å²) in [6.07, 6.45) is 0. The fourth-order valence-electron chi connectivity index (χ4n) is 2.41. The third kappa shape index (κ3) is 3.30. The van der Waals surface area contributed by atoms with Crippen LogP contribution in [0.4, 0.5) is 0 Å². The lowest BCUT2D eigenvalue weighted by atomic mass is 10.2. The largest absolute Gasteiger partial charge is 0.350 e. The molecule has 124 valence electrons. The Bertz CT molecular complexity index is 892. The van der Waals surface area contributed by atoms with Crippen molar-refractivity contribution in [2.45, 2.75) is 24.4 Å². The van der Waals surface area contributed by atoms with Gasteiger partial charge in [0, 0.05) is 12.1 Å². The average molecular weight is 343 g/mol. The average Bonchev–Trinajstić information content (AvgIpc) is 2.84. The molecule has 1 heterocycles. The SMILES string of the molecule is C[C@H](N=C1NS(=O)(=O)c2ccccc21)C(=O)NCc1ccccc1.